The van der Waals surface area contributed by atoms with E-state index in [-0.39, 0.29) is 6.04 Å². The van der Waals surface area contributed by atoms with Crippen molar-refractivity contribution in [2.75, 3.05) is 11.6 Å². The van der Waals surface area contributed by atoms with Gasteiger partial charge in [-0.05, 0) is 48.2 Å². The first-order valence-corrected chi connectivity index (χ1v) is 8.72. The fourth-order valence-electron chi connectivity index (χ4n) is 2.80. The SMILES string of the molecule is CS(=O)(=O)c1cccc(NC2CCc3c(O)cccc32)c1. The van der Waals surface area contributed by atoms with Crippen molar-refractivity contribution < 1.29 is 13.5 Å². The molecule has 5 heteroatoms. The van der Waals surface area contributed by atoms with Crippen molar-refractivity contribution in [1.82, 2.24) is 0 Å². The summed E-state index contributed by atoms with van der Waals surface area (Å²) in [6, 6.07) is 12.5. The topological polar surface area (TPSA) is 66.4 Å². The number of nitrogens with one attached hydrogen (secondary N) is 1. The second kappa shape index (κ2) is 5.07. The normalized spacial score (nSPS) is 17.5. The molecule has 0 amide bonds. The lowest BCUT2D eigenvalue weighted by atomic mass is 10.1. The van der Waals surface area contributed by atoms with Gasteiger partial charge >= 0.3 is 0 Å². The maximum atomic E-state index is 11.6. The zero-order valence-electron chi connectivity index (χ0n) is 11.7. The number of aromatic hydroxyl groups is 1. The van der Waals surface area contributed by atoms with Gasteiger partial charge in [0, 0.05) is 11.9 Å². The summed E-state index contributed by atoms with van der Waals surface area (Å²) in [6.45, 7) is 0. The average molecular weight is 303 g/mol. The van der Waals surface area contributed by atoms with Crippen LogP contribution in [0.1, 0.15) is 23.6 Å². The van der Waals surface area contributed by atoms with Crippen molar-refractivity contribution in [3.8, 4) is 5.75 Å². The molecule has 1 unspecified atom stereocenters. The Kier molecular flexibility index (Phi) is 3.37. The molecule has 0 aliphatic heterocycles. The lowest BCUT2D eigenvalue weighted by Gasteiger charge is -2.16. The van der Waals surface area contributed by atoms with Gasteiger partial charge in [0.05, 0.1) is 10.9 Å². The highest BCUT2D eigenvalue weighted by atomic mass is 32.2. The Labute approximate surface area is 124 Å². The first-order chi connectivity index (χ1) is 9.95. The first kappa shape index (κ1) is 13.9. The molecule has 21 heavy (non-hydrogen) atoms. The number of phenols is 1. The molecular weight excluding hydrogens is 286 g/mol. The van der Waals surface area contributed by atoms with Crippen LogP contribution in [0.25, 0.3) is 0 Å². The predicted molar refractivity (Wildman–Crippen MR) is 82.3 cm³/mol. The molecule has 2 aromatic rings. The van der Waals surface area contributed by atoms with Crippen LogP contribution < -0.4 is 5.32 Å². The van der Waals surface area contributed by atoms with E-state index in [0.29, 0.717) is 10.6 Å². The Bertz CT molecular complexity index is 784. The van der Waals surface area contributed by atoms with Crippen molar-refractivity contribution in [2.24, 2.45) is 0 Å². The van der Waals surface area contributed by atoms with Gasteiger partial charge in [0.15, 0.2) is 9.84 Å². The predicted octanol–water partition coefficient (Wildman–Crippen LogP) is 2.90. The molecule has 0 heterocycles. The van der Waals surface area contributed by atoms with Gasteiger partial charge in [-0.2, -0.15) is 0 Å². The van der Waals surface area contributed by atoms with E-state index in [1.54, 1.807) is 24.3 Å². The molecule has 0 radical (unpaired) electrons. The number of phenolic OH excluding ortho intramolecular Hbond substituents is 1. The maximum Gasteiger partial charge on any atom is 0.175 e. The Morgan fingerprint density at radius 1 is 1.19 bits per heavy atom. The summed E-state index contributed by atoms with van der Waals surface area (Å²) in [7, 11) is -3.21. The van der Waals surface area contributed by atoms with Gasteiger partial charge in [0.1, 0.15) is 5.75 Å². The standard InChI is InChI=1S/C16H17NO3S/c1-21(19,20)12-5-2-4-11(10-12)17-15-9-8-14-13(15)6-3-7-16(14)18/h2-7,10,15,17-18H,8-9H2,1H3. The second-order valence-electron chi connectivity index (χ2n) is 5.38. The monoisotopic (exact) mass is 303 g/mol. The lowest BCUT2D eigenvalue weighted by molar-refractivity contribution is 0.469. The molecule has 0 bridgehead atoms. The third kappa shape index (κ3) is 2.74. The van der Waals surface area contributed by atoms with Crippen molar-refractivity contribution in [2.45, 2.75) is 23.8 Å². The minimum atomic E-state index is -3.21. The van der Waals surface area contributed by atoms with Crippen LogP contribution in [-0.2, 0) is 16.3 Å². The summed E-state index contributed by atoms with van der Waals surface area (Å²) >= 11 is 0. The van der Waals surface area contributed by atoms with Crippen LogP contribution in [0.3, 0.4) is 0 Å². The zero-order valence-corrected chi connectivity index (χ0v) is 12.5. The number of sulfone groups is 1. The zero-order chi connectivity index (χ0) is 15.0. The van der Waals surface area contributed by atoms with Crippen LogP contribution in [0.5, 0.6) is 5.75 Å². The minimum Gasteiger partial charge on any atom is -0.508 e. The molecular formula is C16H17NO3S. The Morgan fingerprint density at radius 2 is 1.95 bits per heavy atom. The number of hydrogen-bond donors (Lipinski definition) is 2. The molecule has 0 spiro atoms. The van der Waals surface area contributed by atoms with Crippen LogP contribution in [0, 0.1) is 0 Å². The molecule has 1 aliphatic rings. The van der Waals surface area contributed by atoms with Crippen molar-refractivity contribution in [3.63, 3.8) is 0 Å². The van der Waals surface area contributed by atoms with E-state index in [0.717, 1.165) is 29.7 Å². The number of benzene rings is 2. The van der Waals surface area contributed by atoms with Crippen LogP contribution in [0.2, 0.25) is 0 Å². The van der Waals surface area contributed by atoms with Crippen LogP contribution in [0.4, 0.5) is 5.69 Å². The molecule has 1 aliphatic carbocycles. The molecule has 0 fully saturated rings. The van der Waals surface area contributed by atoms with Crippen molar-refractivity contribution in [3.05, 3.63) is 53.6 Å². The highest BCUT2D eigenvalue weighted by Gasteiger charge is 2.24. The van der Waals surface area contributed by atoms with Crippen LogP contribution in [-0.4, -0.2) is 19.8 Å². The highest BCUT2D eigenvalue weighted by Crippen LogP contribution is 2.38. The van der Waals surface area contributed by atoms with Gasteiger partial charge in [-0.15, -0.1) is 0 Å². The number of hydrogen-bond acceptors (Lipinski definition) is 4. The van der Waals surface area contributed by atoms with E-state index < -0.39 is 9.84 Å². The number of anilines is 1. The van der Waals surface area contributed by atoms with E-state index in [1.807, 2.05) is 18.2 Å². The molecule has 0 aromatic heterocycles. The minimum absolute atomic E-state index is 0.0990. The van der Waals surface area contributed by atoms with Crippen LogP contribution >= 0.6 is 0 Å². The molecule has 3 rings (SSSR count). The third-order valence-corrected chi connectivity index (χ3v) is 4.96. The van der Waals surface area contributed by atoms with Gasteiger partial charge in [-0.3, -0.25) is 0 Å². The van der Waals surface area contributed by atoms with E-state index in [2.05, 4.69) is 5.32 Å². The third-order valence-electron chi connectivity index (χ3n) is 3.85. The summed E-state index contributed by atoms with van der Waals surface area (Å²) in [5.41, 5.74) is 2.84. The Morgan fingerprint density at radius 3 is 2.71 bits per heavy atom. The molecule has 2 N–H and O–H groups in total. The van der Waals surface area contributed by atoms with Gasteiger partial charge in [0.2, 0.25) is 0 Å². The molecule has 2 aromatic carbocycles. The van der Waals surface area contributed by atoms with Gasteiger partial charge < -0.3 is 10.4 Å². The van der Waals surface area contributed by atoms with Gasteiger partial charge in [-0.1, -0.05) is 18.2 Å². The second-order valence-corrected chi connectivity index (χ2v) is 7.40. The molecule has 4 nitrogen and oxygen atoms in total. The molecule has 110 valence electrons. The number of rotatable bonds is 3. The fraction of sp³-hybridized carbons (Fsp3) is 0.250. The summed E-state index contributed by atoms with van der Waals surface area (Å²) in [6.07, 6.45) is 2.91. The summed E-state index contributed by atoms with van der Waals surface area (Å²) < 4.78 is 23.2. The smallest absolute Gasteiger partial charge is 0.175 e. The van der Waals surface area contributed by atoms with Gasteiger partial charge in [0.25, 0.3) is 0 Å². The van der Waals surface area contributed by atoms with Crippen LogP contribution in [0.15, 0.2) is 47.4 Å². The van der Waals surface area contributed by atoms with E-state index in [4.69, 9.17) is 0 Å². The van der Waals surface area contributed by atoms with E-state index in [1.165, 1.54) is 6.26 Å². The highest BCUT2D eigenvalue weighted by molar-refractivity contribution is 7.90. The largest absolute Gasteiger partial charge is 0.508 e. The maximum absolute atomic E-state index is 11.6. The lowest BCUT2D eigenvalue weighted by Crippen LogP contribution is -2.07. The van der Waals surface area contributed by atoms with E-state index >= 15 is 0 Å². The first-order valence-electron chi connectivity index (χ1n) is 6.82. The molecule has 1 atom stereocenters. The quantitative estimate of drug-likeness (QED) is 0.915. The summed E-state index contributed by atoms with van der Waals surface area (Å²) in [5, 5.41) is 13.2. The van der Waals surface area contributed by atoms with Crippen molar-refractivity contribution in [1.29, 1.82) is 0 Å². The average Bonchev–Trinajstić information content (AvgIpc) is 2.83. The van der Waals surface area contributed by atoms with Gasteiger partial charge in [-0.25, -0.2) is 8.42 Å². The fourth-order valence-corrected chi connectivity index (χ4v) is 3.47. The number of fused-ring (bicyclic) bond motifs is 1. The Hall–Kier alpha value is -2.01. The van der Waals surface area contributed by atoms with E-state index in [9.17, 15) is 13.5 Å². The summed E-state index contributed by atoms with van der Waals surface area (Å²) in [5.74, 6) is 0.335. The molecule has 0 saturated carbocycles. The Balaban J connectivity index is 1.89. The molecule has 0 saturated heterocycles. The summed E-state index contributed by atoms with van der Waals surface area (Å²) in [4.78, 5) is 0.307. The van der Waals surface area contributed by atoms with Crippen molar-refractivity contribution >= 4 is 15.5 Å².